The lowest BCUT2D eigenvalue weighted by Gasteiger charge is -2.27. The predicted molar refractivity (Wildman–Crippen MR) is 109 cm³/mol. The maximum atomic E-state index is 16.0. The molecule has 31 heavy (non-hydrogen) atoms. The molecule has 8 heteroatoms. The van der Waals surface area contributed by atoms with E-state index in [0.29, 0.717) is 18.6 Å². The Morgan fingerprint density at radius 3 is 2.48 bits per heavy atom. The molecule has 1 amide bonds. The number of halogens is 3. The fourth-order valence-electron chi connectivity index (χ4n) is 3.83. The molecular formula is C23H20F3N3O2. The van der Waals surface area contributed by atoms with Crippen LogP contribution < -0.4 is 5.32 Å². The molecule has 1 aliphatic heterocycles. The van der Waals surface area contributed by atoms with E-state index in [1.165, 1.54) is 19.3 Å². The lowest BCUT2D eigenvalue weighted by Crippen LogP contribution is -2.24. The number of hydrogen-bond donors (Lipinski definition) is 1. The van der Waals surface area contributed by atoms with Crippen molar-refractivity contribution in [3.63, 3.8) is 0 Å². The zero-order valence-electron chi connectivity index (χ0n) is 16.8. The molecule has 3 heterocycles. The fraction of sp³-hybridized carbons (Fsp3) is 0.261. The average Bonchev–Trinajstić information content (AvgIpc) is 2.80. The third-order valence-corrected chi connectivity index (χ3v) is 5.27. The van der Waals surface area contributed by atoms with Crippen LogP contribution in [0.25, 0.3) is 22.4 Å². The summed E-state index contributed by atoms with van der Waals surface area (Å²) in [5, 5.41) is 2.48. The third-order valence-electron chi connectivity index (χ3n) is 5.27. The Kier molecular flexibility index (Phi) is 5.99. The van der Waals surface area contributed by atoms with Gasteiger partial charge in [0.2, 0.25) is 0 Å². The topological polar surface area (TPSA) is 64.1 Å². The van der Waals surface area contributed by atoms with Crippen LogP contribution in [-0.2, 0) is 4.74 Å². The van der Waals surface area contributed by atoms with Gasteiger partial charge in [0.05, 0.1) is 11.7 Å². The van der Waals surface area contributed by atoms with Gasteiger partial charge in [-0.1, -0.05) is 12.1 Å². The van der Waals surface area contributed by atoms with Crippen molar-refractivity contribution in [2.24, 2.45) is 0 Å². The molecule has 1 N–H and O–H groups in total. The van der Waals surface area contributed by atoms with Gasteiger partial charge in [-0.3, -0.25) is 9.78 Å². The SMILES string of the molecule is CNC(=O)c1nc(-c2c(F)cccc2F)c(F)c(C2CCCCO2)c1-c1cccnc1. The summed E-state index contributed by atoms with van der Waals surface area (Å²) in [4.78, 5) is 20.9. The van der Waals surface area contributed by atoms with E-state index in [1.807, 2.05) is 0 Å². The van der Waals surface area contributed by atoms with Crippen LogP contribution in [0.15, 0.2) is 42.7 Å². The number of ether oxygens (including phenoxy) is 1. The van der Waals surface area contributed by atoms with E-state index in [9.17, 15) is 13.6 Å². The first-order chi connectivity index (χ1) is 15.0. The zero-order valence-corrected chi connectivity index (χ0v) is 16.8. The molecule has 5 nitrogen and oxygen atoms in total. The van der Waals surface area contributed by atoms with E-state index in [4.69, 9.17) is 4.74 Å². The second-order valence-electron chi connectivity index (χ2n) is 7.18. The molecule has 1 unspecified atom stereocenters. The minimum absolute atomic E-state index is 0.0546. The summed E-state index contributed by atoms with van der Waals surface area (Å²) in [6, 6.07) is 6.54. The molecule has 0 aliphatic carbocycles. The van der Waals surface area contributed by atoms with Crippen LogP contribution in [0, 0.1) is 17.5 Å². The maximum Gasteiger partial charge on any atom is 0.270 e. The molecule has 1 saturated heterocycles. The highest BCUT2D eigenvalue weighted by Crippen LogP contribution is 2.41. The van der Waals surface area contributed by atoms with Crippen molar-refractivity contribution in [3.8, 4) is 22.4 Å². The molecule has 160 valence electrons. The second kappa shape index (κ2) is 8.85. The van der Waals surface area contributed by atoms with Crippen molar-refractivity contribution in [1.29, 1.82) is 0 Å². The molecule has 2 aromatic heterocycles. The van der Waals surface area contributed by atoms with Gasteiger partial charge in [0.1, 0.15) is 23.0 Å². The number of aromatic nitrogens is 2. The number of amides is 1. The van der Waals surface area contributed by atoms with Gasteiger partial charge in [-0.15, -0.1) is 0 Å². The van der Waals surface area contributed by atoms with Crippen LogP contribution in [0.4, 0.5) is 13.2 Å². The number of carbonyl (C=O) groups excluding carboxylic acids is 1. The number of carbonyl (C=O) groups is 1. The lowest BCUT2D eigenvalue weighted by molar-refractivity contribution is 0.0132. The number of nitrogens with one attached hydrogen (secondary N) is 1. The number of nitrogens with zero attached hydrogens (tertiary/aromatic N) is 2. The molecule has 0 radical (unpaired) electrons. The van der Waals surface area contributed by atoms with Crippen molar-refractivity contribution < 1.29 is 22.7 Å². The molecular weight excluding hydrogens is 407 g/mol. The zero-order chi connectivity index (χ0) is 22.0. The lowest BCUT2D eigenvalue weighted by atomic mass is 9.89. The van der Waals surface area contributed by atoms with E-state index >= 15 is 4.39 Å². The number of pyridine rings is 2. The average molecular weight is 427 g/mol. The Bertz CT molecular complexity index is 1100. The van der Waals surface area contributed by atoms with Gasteiger partial charge in [-0.05, 0) is 37.5 Å². The normalized spacial score (nSPS) is 16.2. The van der Waals surface area contributed by atoms with Crippen LogP contribution in [0.5, 0.6) is 0 Å². The highest BCUT2D eigenvalue weighted by molar-refractivity contribution is 6.00. The van der Waals surface area contributed by atoms with Gasteiger partial charge in [-0.25, -0.2) is 18.2 Å². The maximum absolute atomic E-state index is 16.0. The molecule has 0 bridgehead atoms. The van der Waals surface area contributed by atoms with E-state index in [-0.39, 0.29) is 16.8 Å². The summed E-state index contributed by atoms with van der Waals surface area (Å²) in [5.74, 6) is -3.48. The largest absolute Gasteiger partial charge is 0.373 e. The molecule has 0 saturated carbocycles. The Morgan fingerprint density at radius 2 is 1.87 bits per heavy atom. The number of hydrogen-bond acceptors (Lipinski definition) is 4. The minimum Gasteiger partial charge on any atom is -0.373 e. The van der Waals surface area contributed by atoms with Crippen LogP contribution in [0.1, 0.15) is 41.4 Å². The molecule has 4 rings (SSSR count). The van der Waals surface area contributed by atoms with Gasteiger partial charge in [0, 0.05) is 42.7 Å². The van der Waals surface area contributed by atoms with Crippen LogP contribution in [0.3, 0.4) is 0 Å². The Morgan fingerprint density at radius 1 is 1.10 bits per heavy atom. The third kappa shape index (κ3) is 3.90. The van der Waals surface area contributed by atoms with Gasteiger partial charge >= 0.3 is 0 Å². The molecule has 3 aromatic rings. The van der Waals surface area contributed by atoms with Crippen LogP contribution in [-0.4, -0.2) is 29.5 Å². The molecule has 0 spiro atoms. The molecule has 1 fully saturated rings. The molecule has 1 aliphatic rings. The van der Waals surface area contributed by atoms with Crippen molar-refractivity contribution in [3.05, 3.63) is 71.4 Å². The van der Waals surface area contributed by atoms with Gasteiger partial charge in [0.15, 0.2) is 5.82 Å². The first kappa shape index (κ1) is 21.0. The van der Waals surface area contributed by atoms with E-state index < -0.39 is 40.7 Å². The summed E-state index contributed by atoms with van der Waals surface area (Å²) in [6.07, 6.45) is 4.45. The summed E-state index contributed by atoms with van der Waals surface area (Å²) in [7, 11) is 1.40. The summed E-state index contributed by atoms with van der Waals surface area (Å²) < 4.78 is 50.9. The first-order valence-corrected chi connectivity index (χ1v) is 9.94. The second-order valence-corrected chi connectivity index (χ2v) is 7.18. The van der Waals surface area contributed by atoms with Crippen molar-refractivity contribution in [2.75, 3.05) is 13.7 Å². The van der Waals surface area contributed by atoms with Gasteiger partial charge < -0.3 is 10.1 Å². The molecule has 1 aromatic carbocycles. The van der Waals surface area contributed by atoms with Crippen molar-refractivity contribution in [2.45, 2.75) is 25.4 Å². The Labute approximate surface area is 177 Å². The quantitative estimate of drug-likeness (QED) is 0.648. The summed E-state index contributed by atoms with van der Waals surface area (Å²) in [6.45, 7) is 0.414. The van der Waals surface area contributed by atoms with Crippen LogP contribution in [0.2, 0.25) is 0 Å². The monoisotopic (exact) mass is 427 g/mol. The Balaban J connectivity index is 2.09. The smallest absolute Gasteiger partial charge is 0.270 e. The number of benzene rings is 1. The summed E-state index contributed by atoms with van der Waals surface area (Å²) in [5.41, 5.74) is -0.627. The van der Waals surface area contributed by atoms with Crippen LogP contribution >= 0.6 is 0 Å². The first-order valence-electron chi connectivity index (χ1n) is 9.94. The Hall–Kier alpha value is -3.26. The predicted octanol–water partition coefficient (Wildman–Crippen LogP) is 4.83. The van der Waals surface area contributed by atoms with Crippen molar-refractivity contribution >= 4 is 5.91 Å². The van der Waals surface area contributed by atoms with Gasteiger partial charge in [-0.2, -0.15) is 0 Å². The number of rotatable bonds is 4. The highest BCUT2D eigenvalue weighted by atomic mass is 19.1. The van der Waals surface area contributed by atoms with E-state index in [2.05, 4.69) is 15.3 Å². The van der Waals surface area contributed by atoms with E-state index in [1.54, 1.807) is 18.3 Å². The van der Waals surface area contributed by atoms with Gasteiger partial charge in [0.25, 0.3) is 5.91 Å². The summed E-state index contributed by atoms with van der Waals surface area (Å²) >= 11 is 0. The van der Waals surface area contributed by atoms with Crippen molar-refractivity contribution in [1.82, 2.24) is 15.3 Å². The fourth-order valence-corrected chi connectivity index (χ4v) is 3.83. The minimum atomic E-state index is -0.973. The highest BCUT2D eigenvalue weighted by Gasteiger charge is 2.32. The van der Waals surface area contributed by atoms with E-state index in [0.717, 1.165) is 25.0 Å². The molecule has 1 atom stereocenters. The standard InChI is InChI=1S/C23H20F3N3O2/c1-27-23(30)22-17(13-6-5-10-28-12-13)19(16-9-2-3-11-31-16)20(26)21(29-22)18-14(24)7-4-8-15(18)25/h4-8,10,12,16H,2-3,9,11H2,1H3,(H,27,30).